The second-order valence-electron chi connectivity index (χ2n) is 5.90. The lowest BCUT2D eigenvalue weighted by atomic mass is 9.88. The lowest BCUT2D eigenvalue weighted by Crippen LogP contribution is -2.40. The van der Waals surface area contributed by atoms with Crippen LogP contribution in [-0.4, -0.2) is 25.7 Å². The van der Waals surface area contributed by atoms with Gasteiger partial charge in [0, 0.05) is 6.04 Å². The monoisotopic (exact) mass is 244 g/mol. The molecular formula is C16H24N2. The van der Waals surface area contributed by atoms with Crippen molar-refractivity contribution in [3.05, 3.63) is 35.9 Å². The van der Waals surface area contributed by atoms with Crippen LogP contribution in [0.5, 0.6) is 0 Å². The summed E-state index contributed by atoms with van der Waals surface area (Å²) in [5.74, 6) is 1.62. The lowest BCUT2D eigenvalue weighted by Gasteiger charge is -2.29. The molecule has 1 saturated carbocycles. The molecule has 2 aliphatic rings. The highest BCUT2D eigenvalue weighted by molar-refractivity contribution is 5.16. The Kier molecular flexibility index (Phi) is 3.96. The number of hydrogen-bond acceptors (Lipinski definition) is 2. The summed E-state index contributed by atoms with van der Waals surface area (Å²) in [5.41, 5.74) is 1.49. The molecule has 2 heteroatoms. The first-order valence-corrected chi connectivity index (χ1v) is 7.40. The minimum atomic E-state index is 0.806. The number of hydrogen-bond donors (Lipinski definition) is 2. The maximum atomic E-state index is 3.74. The van der Waals surface area contributed by atoms with E-state index in [4.69, 9.17) is 0 Å². The molecule has 2 nitrogen and oxygen atoms in total. The molecule has 1 heterocycles. The first-order valence-electron chi connectivity index (χ1n) is 7.40. The molecule has 2 fully saturated rings. The predicted molar refractivity (Wildman–Crippen MR) is 75.6 cm³/mol. The van der Waals surface area contributed by atoms with Crippen molar-refractivity contribution in [2.75, 3.05) is 19.6 Å². The maximum absolute atomic E-state index is 3.74. The average Bonchev–Trinajstić information content (AvgIpc) is 2.76. The van der Waals surface area contributed by atoms with Crippen LogP contribution in [0.2, 0.25) is 0 Å². The molecule has 1 aliphatic carbocycles. The van der Waals surface area contributed by atoms with Crippen molar-refractivity contribution in [1.82, 2.24) is 10.6 Å². The Bertz CT molecular complexity index is 359. The van der Waals surface area contributed by atoms with Gasteiger partial charge in [0.05, 0.1) is 0 Å². The van der Waals surface area contributed by atoms with E-state index >= 15 is 0 Å². The summed E-state index contributed by atoms with van der Waals surface area (Å²) in [6.45, 7) is 3.58. The van der Waals surface area contributed by atoms with Crippen LogP contribution in [0.1, 0.15) is 24.8 Å². The van der Waals surface area contributed by atoms with Crippen molar-refractivity contribution in [2.24, 2.45) is 11.8 Å². The Morgan fingerprint density at radius 1 is 1.06 bits per heavy atom. The molecule has 1 aromatic carbocycles. The second-order valence-corrected chi connectivity index (χ2v) is 5.90. The third kappa shape index (κ3) is 2.93. The molecule has 0 unspecified atom stereocenters. The molecule has 0 aromatic heterocycles. The average molecular weight is 244 g/mol. The smallest absolute Gasteiger partial charge is 0.00672 e. The van der Waals surface area contributed by atoms with Crippen LogP contribution in [-0.2, 0) is 6.42 Å². The van der Waals surface area contributed by atoms with Crippen molar-refractivity contribution in [2.45, 2.75) is 31.7 Å². The van der Waals surface area contributed by atoms with Crippen LogP contribution in [0, 0.1) is 11.8 Å². The maximum Gasteiger partial charge on any atom is 0.00672 e. The van der Waals surface area contributed by atoms with E-state index in [9.17, 15) is 0 Å². The van der Waals surface area contributed by atoms with Crippen LogP contribution in [0.15, 0.2) is 30.3 Å². The first-order chi connectivity index (χ1) is 8.92. The molecule has 98 valence electrons. The third-order valence-electron chi connectivity index (χ3n) is 4.59. The van der Waals surface area contributed by atoms with E-state index in [0.29, 0.717) is 0 Å². The zero-order valence-electron chi connectivity index (χ0n) is 11.1. The van der Waals surface area contributed by atoms with E-state index < -0.39 is 0 Å². The summed E-state index contributed by atoms with van der Waals surface area (Å²) in [7, 11) is 0. The molecule has 1 aliphatic heterocycles. The Balaban J connectivity index is 1.50. The lowest BCUT2D eigenvalue weighted by molar-refractivity contribution is 0.298. The Labute approximate surface area is 110 Å². The van der Waals surface area contributed by atoms with Gasteiger partial charge in [-0.25, -0.2) is 0 Å². The van der Waals surface area contributed by atoms with Gasteiger partial charge in [0.15, 0.2) is 0 Å². The summed E-state index contributed by atoms with van der Waals surface area (Å²) in [4.78, 5) is 0. The molecule has 1 aromatic rings. The fraction of sp³-hybridized carbons (Fsp3) is 0.625. The Hall–Kier alpha value is -0.860. The van der Waals surface area contributed by atoms with Crippen LogP contribution in [0.4, 0.5) is 0 Å². The van der Waals surface area contributed by atoms with E-state index in [1.165, 1.54) is 50.9 Å². The zero-order chi connectivity index (χ0) is 12.2. The van der Waals surface area contributed by atoms with Gasteiger partial charge >= 0.3 is 0 Å². The van der Waals surface area contributed by atoms with Gasteiger partial charge in [-0.05, 0) is 56.3 Å². The van der Waals surface area contributed by atoms with Gasteiger partial charge in [-0.3, -0.25) is 0 Å². The highest BCUT2D eigenvalue weighted by Gasteiger charge is 2.28. The summed E-state index contributed by atoms with van der Waals surface area (Å²) < 4.78 is 0. The standard InChI is InChI=1S/C16H24N2/c1-2-5-13(6-3-1)9-14-10-17-11-15(14)12-18-16-7-4-8-16/h1-3,5-6,14-18H,4,7-12H2/t14-,15-/m1/s1. The normalized spacial score (nSPS) is 28.2. The molecule has 1 saturated heterocycles. The summed E-state index contributed by atoms with van der Waals surface area (Å²) in [6, 6.07) is 11.7. The molecule has 18 heavy (non-hydrogen) atoms. The topological polar surface area (TPSA) is 24.1 Å². The van der Waals surface area contributed by atoms with E-state index in [0.717, 1.165) is 17.9 Å². The van der Waals surface area contributed by atoms with Gasteiger partial charge < -0.3 is 10.6 Å². The van der Waals surface area contributed by atoms with Gasteiger partial charge in [0.1, 0.15) is 0 Å². The van der Waals surface area contributed by atoms with Crippen molar-refractivity contribution in [3.63, 3.8) is 0 Å². The molecule has 0 spiro atoms. The first kappa shape index (κ1) is 12.2. The zero-order valence-corrected chi connectivity index (χ0v) is 11.1. The van der Waals surface area contributed by atoms with Crippen molar-refractivity contribution >= 4 is 0 Å². The number of nitrogens with one attached hydrogen (secondary N) is 2. The summed E-state index contributed by atoms with van der Waals surface area (Å²) in [5, 5.41) is 7.30. The van der Waals surface area contributed by atoms with Gasteiger partial charge in [-0.2, -0.15) is 0 Å². The van der Waals surface area contributed by atoms with Gasteiger partial charge in [-0.15, -0.1) is 0 Å². The number of rotatable bonds is 5. The molecular weight excluding hydrogens is 220 g/mol. The summed E-state index contributed by atoms with van der Waals surface area (Å²) >= 11 is 0. The summed E-state index contributed by atoms with van der Waals surface area (Å²) in [6.07, 6.45) is 5.44. The van der Waals surface area contributed by atoms with E-state index in [2.05, 4.69) is 41.0 Å². The van der Waals surface area contributed by atoms with Crippen LogP contribution in [0.25, 0.3) is 0 Å². The van der Waals surface area contributed by atoms with Crippen molar-refractivity contribution < 1.29 is 0 Å². The molecule has 0 amide bonds. The van der Waals surface area contributed by atoms with Gasteiger partial charge in [0.25, 0.3) is 0 Å². The Morgan fingerprint density at radius 2 is 1.83 bits per heavy atom. The molecule has 2 atom stereocenters. The van der Waals surface area contributed by atoms with Crippen LogP contribution >= 0.6 is 0 Å². The molecule has 2 N–H and O–H groups in total. The second kappa shape index (κ2) is 5.85. The Morgan fingerprint density at radius 3 is 2.56 bits per heavy atom. The van der Waals surface area contributed by atoms with E-state index in [-0.39, 0.29) is 0 Å². The molecule has 3 rings (SSSR count). The third-order valence-corrected chi connectivity index (χ3v) is 4.59. The highest BCUT2D eigenvalue weighted by atomic mass is 15.0. The SMILES string of the molecule is c1ccc(C[C@@H]2CNC[C@@H]2CNC2CCC2)cc1. The number of benzene rings is 1. The minimum absolute atomic E-state index is 0.806. The van der Waals surface area contributed by atoms with E-state index in [1.807, 2.05) is 0 Å². The molecule has 0 radical (unpaired) electrons. The minimum Gasteiger partial charge on any atom is -0.316 e. The van der Waals surface area contributed by atoms with Crippen LogP contribution < -0.4 is 10.6 Å². The predicted octanol–water partition coefficient (Wildman–Crippen LogP) is 2.21. The molecule has 0 bridgehead atoms. The van der Waals surface area contributed by atoms with E-state index in [1.54, 1.807) is 0 Å². The van der Waals surface area contributed by atoms with Crippen molar-refractivity contribution in [3.8, 4) is 0 Å². The fourth-order valence-corrected chi connectivity index (χ4v) is 3.11. The van der Waals surface area contributed by atoms with Gasteiger partial charge in [0.2, 0.25) is 0 Å². The van der Waals surface area contributed by atoms with Gasteiger partial charge in [-0.1, -0.05) is 36.8 Å². The van der Waals surface area contributed by atoms with Crippen LogP contribution in [0.3, 0.4) is 0 Å². The largest absolute Gasteiger partial charge is 0.316 e. The highest BCUT2D eigenvalue weighted by Crippen LogP contribution is 2.23. The van der Waals surface area contributed by atoms with Crippen molar-refractivity contribution in [1.29, 1.82) is 0 Å². The fourth-order valence-electron chi connectivity index (χ4n) is 3.11. The quantitative estimate of drug-likeness (QED) is 0.830.